The number of rotatable bonds is 5. The number of methoxy groups -OCH3 is 1. The van der Waals surface area contributed by atoms with Gasteiger partial charge in [-0.2, -0.15) is 5.10 Å². The van der Waals surface area contributed by atoms with Crippen molar-refractivity contribution in [2.75, 3.05) is 12.0 Å². The molecule has 144 valence electrons. The second kappa shape index (κ2) is 7.03. The first-order valence-corrected chi connectivity index (χ1v) is 8.95. The van der Waals surface area contributed by atoms with E-state index in [0.717, 1.165) is 16.8 Å². The maximum Gasteiger partial charge on any atom is 0.262 e. The lowest BCUT2D eigenvalue weighted by Crippen LogP contribution is -2.24. The zero-order valence-electron chi connectivity index (χ0n) is 15.9. The molecule has 1 atom stereocenters. The fourth-order valence-electron chi connectivity index (χ4n) is 3.36. The number of hydrogen-bond donors (Lipinski definition) is 0. The molecule has 0 spiro atoms. The van der Waals surface area contributed by atoms with Gasteiger partial charge in [0.25, 0.3) is 5.91 Å². The summed E-state index contributed by atoms with van der Waals surface area (Å²) in [6.07, 6.45) is 4.01. The summed E-state index contributed by atoms with van der Waals surface area (Å²) < 4.78 is 19.9. The summed E-state index contributed by atoms with van der Waals surface area (Å²) in [5, 5.41) is 4.33. The smallest absolute Gasteiger partial charge is 0.262 e. The Hall–Kier alpha value is -3.29. The number of amides is 1. The molecule has 3 aromatic rings. The van der Waals surface area contributed by atoms with E-state index in [1.54, 1.807) is 36.7 Å². The summed E-state index contributed by atoms with van der Waals surface area (Å²) in [5.41, 5.74) is 3.67. The highest BCUT2D eigenvalue weighted by atomic mass is 19.1. The van der Waals surface area contributed by atoms with E-state index in [1.807, 2.05) is 19.1 Å². The van der Waals surface area contributed by atoms with Crippen LogP contribution in [0.25, 0.3) is 11.3 Å². The van der Waals surface area contributed by atoms with E-state index in [-0.39, 0.29) is 12.5 Å². The summed E-state index contributed by atoms with van der Waals surface area (Å²) in [6, 6.07) is 5.45. The topological polar surface area (TPSA) is 73.1 Å². The Balaban J connectivity index is 1.67. The van der Waals surface area contributed by atoms with Crippen molar-refractivity contribution in [2.24, 2.45) is 0 Å². The molecule has 0 aliphatic carbocycles. The average molecular weight is 381 g/mol. The van der Waals surface area contributed by atoms with E-state index in [2.05, 4.69) is 15.1 Å². The van der Waals surface area contributed by atoms with Gasteiger partial charge in [0.1, 0.15) is 11.9 Å². The van der Waals surface area contributed by atoms with Gasteiger partial charge >= 0.3 is 0 Å². The minimum Gasteiger partial charge on any atom is -0.495 e. The van der Waals surface area contributed by atoms with Crippen LogP contribution in [0.5, 0.6) is 5.75 Å². The minimum atomic E-state index is -1.01. The number of hydrogen-bond acceptors (Lipinski definition) is 5. The number of carbonyl (C=O) groups excluding carboxylic acids is 1. The predicted molar refractivity (Wildman–Crippen MR) is 102 cm³/mol. The van der Waals surface area contributed by atoms with Crippen LogP contribution >= 0.6 is 0 Å². The fraction of sp³-hybridized carbons (Fsp3) is 0.300. The Labute approximate surface area is 161 Å². The number of carbonyl (C=O) groups is 1. The lowest BCUT2D eigenvalue weighted by atomic mass is 10.1. The molecular weight excluding hydrogens is 361 g/mol. The van der Waals surface area contributed by atoms with Gasteiger partial charge in [-0.25, -0.2) is 4.39 Å². The largest absolute Gasteiger partial charge is 0.495 e. The molecule has 0 fully saturated rings. The summed E-state index contributed by atoms with van der Waals surface area (Å²) in [6.45, 7) is 3.84. The summed E-state index contributed by atoms with van der Waals surface area (Å²) in [5.74, 6) is 0.990. The standard InChI is InChI=1S/C20H20FN5O2/c1-12-6-16(14-7-15(28-3)9-22-8-14)23-17-11-26(20(27)19(12)17)18-4-5-25(24-18)10-13(2)21/h4-9,13H,10-11H2,1-3H3/t13-/m1/s1. The lowest BCUT2D eigenvalue weighted by molar-refractivity contribution is 0.0995. The van der Waals surface area contributed by atoms with E-state index in [1.165, 1.54) is 11.6 Å². The van der Waals surface area contributed by atoms with Crippen LogP contribution in [0.2, 0.25) is 0 Å². The monoisotopic (exact) mass is 381 g/mol. The third-order valence-electron chi connectivity index (χ3n) is 4.64. The Kier molecular flexibility index (Phi) is 4.54. The highest BCUT2D eigenvalue weighted by Crippen LogP contribution is 2.31. The molecule has 0 N–H and O–H groups in total. The zero-order valence-corrected chi connectivity index (χ0v) is 15.9. The second-order valence-corrected chi connectivity index (χ2v) is 6.83. The number of fused-ring (bicyclic) bond motifs is 1. The van der Waals surface area contributed by atoms with Gasteiger partial charge in [0.05, 0.1) is 43.3 Å². The van der Waals surface area contributed by atoms with Crippen molar-refractivity contribution in [3.63, 3.8) is 0 Å². The number of alkyl halides is 1. The molecule has 1 aliphatic rings. The van der Waals surface area contributed by atoms with Gasteiger partial charge in [0.2, 0.25) is 0 Å². The molecule has 4 heterocycles. The molecule has 0 saturated carbocycles. The van der Waals surface area contributed by atoms with Gasteiger partial charge in [-0.05, 0) is 31.5 Å². The first-order valence-electron chi connectivity index (χ1n) is 8.95. The molecule has 0 unspecified atom stereocenters. The number of nitrogens with zero attached hydrogens (tertiary/aromatic N) is 5. The van der Waals surface area contributed by atoms with Crippen LogP contribution in [-0.2, 0) is 13.1 Å². The van der Waals surface area contributed by atoms with Crippen molar-refractivity contribution in [3.05, 3.63) is 53.6 Å². The molecule has 4 rings (SSSR count). The van der Waals surface area contributed by atoms with Crippen molar-refractivity contribution < 1.29 is 13.9 Å². The maximum atomic E-state index is 13.2. The molecule has 7 nitrogen and oxygen atoms in total. The number of aromatic nitrogens is 4. The first-order chi connectivity index (χ1) is 13.5. The molecular formula is C20H20FN5O2. The Bertz CT molecular complexity index is 1050. The minimum absolute atomic E-state index is 0.145. The van der Waals surface area contributed by atoms with Crippen LogP contribution in [0.1, 0.15) is 28.5 Å². The predicted octanol–water partition coefficient (Wildman–Crippen LogP) is 3.18. The average Bonchev–Trinajstić information content (AvgIpc) is 3.25. The second-order valence-electron chi connectivity index (χ2n) is 6.83. The van der Waals surface area contributed by atoms with Gasteiger partial charge in [-0.1, -0.05) is 0 Å². The van der Waals surface area contributed by atoms with Gasteiger partial charge in [0.15, 0.2) is 5.82 Å². The van der Waals surface area contributed by atoms with E-state index < -0.39 is 6.17 Å². The van der Waals surface area contributed by atoms with Crippen molar-refractivity contribution in [1.29, 1.82) is 0 Å². The highest BCUT2D eigenvalue weighted by molar-refractivity contribution is 6.10. The van der Waals surface area contributed by atoms with Gasteiger partial charge in [-0.3, -0.25) is 24.3 Å². The Morgan fingerprint density at radius 3 is 2.89 bits per heavy atom. The molecule has 8 heteroatoms. The van der Waals surface area contributed by atoms with E-state index >= 15 is 0 Å². The SMILES string of the molecule is COc1cncc(-c2cc(C)c3c(n2)CN(c2ccn(C[C@@H](C)F)n2)C3=O)c1. The van der Waals surface area contributed by atoms with E-state index in [9.17, 15) is 9.18 Å². The number of pyridine rings is 2. The van der Waals surface area contributed by atoms with E-state index in [4.69, 9.17) is 4.74 Å². The molecule has 0 aromatic carbocycles. The number of aryl methyl sites for hydroxylation is 1. The third-order valence-corrected chi connectivity index (χ3v) is 4.64. The van der Waals surface area contributed by atoms with Crippen LogP contribution in [0.15, 0.2) is 36.8 Å². The van der Waals surface area contributed by atoms with Crippen LogP contribution < -0.4 is 9.64 Å². The lowest BCUT2D eigenvalue weighted by Gasteiger charge is -2.11. The highest BCUT2D eigenvalue weighted by Gasteiger charge is 2.33. The molecule has 0 radical (unpaired) electrons. The third kappa shape index (κ3) is 3.21. The zero-order chi connectivity index (χ0) is 19.8. The fourth-order valence-corrected chi connectivity index (χ4v) is 3.36. The molecule has 1 amide bonds. The normalized spacial score (nSPS) is 14.3. The van der Waals surface area contributed by atoms with Crippen molar-refractivity contribution >= 4 is 11.7 Å². The van der Waals surface area contributed by atoms with Gasteiger partial charge < -0.3 is 4.74 Å². The van der Waals surface area contributed by atoms with Crippen molar-refractivity contribution in [1.82, 2.24) is 19.7 Å². The van der Waals surface area contributed by atoms with Crippen LogP contribution in [-0.4, -0.2) is 38.9 Å². The summed E-state index contributed by atoms with van der Waals surface area (Å²) in [7, 11) is 1.58. The molecule has 28 heavy (non-hydrogen) atoms. The van der Waals surface area contributed by atoms with Crippen LogP contribution in [0.3, 0.4) is 0 Å². The quantitative estimate of drug-likeness (QED) is 0.679. The number of halogens is 1. The molecule has 0 bridgehead atoms. The molecule has 3 aromatic heterocycles. The summed E-state index contributed by atoms with van der Waals surface area (Å²) >= 11 is 0. The van der Waals surface area contributed by atoms with Crippen LogP contribution in [0, 0.1) is 6.92 Å². The Morgan fingerprint density at radius 2 is 2.14 bits per heavy atom. The maximum absolute atomic E-state index is 13.2. The number of ether oxygens (including phenoxy) is 1. The first kappa shape index (κ1) is 18.1. The van der Waals surface area contributed by atoms with Gasteiger partial charge in [-0.15, -0.1) is 0 Å². The number of anilines is 1. The van der Waals surface area contributed by atoms with Crippen LogP contribution in [0.4, 0.5) is 10.2 Å². The van der Waals surface area contributed by atoms with Crippen molar-refractivity contribution in [2.45, 2.75) is 33.1 Å². The van der Waals surface area contributed by atoms with E-state index in [0.29, 0.717) is 29.4 Å². The Morgan fingerprint density at radius 1 is 1.32 bits per heavy atom. The summed E-state index contributed by atoms with van der Waals surface area (Å²) in [4.78, 5) is 23.4. The molecule has 0 saturated heterocycles. The van der Waals surface area contributed by atoms with Crippen molar-refractivity contribution in [3.8, 4) is 17.0 Å². The van der Waals surface area contributed by atoms with Gasteiger partial charge in [0, 0.05) is 24.0 Å². The molecule has 1 aliphatic heterocycles.